The maximum absolute atomic E-state index is 12.7. The summed E-state index contributed by atoms with van der Waals surface area (Å²) in [7, 11) is 0. The minimum atomic E-state index is -1.20. The zero-order valence-electron chi connectivity index (χ0n) is 20.1. The van der Waals surface area contributed by atoms with Gasteiger partial charge in [-0.25, -0.2) is 9.59 Å². The molecule has 2 aromatic carbocycles. The number of aromatic amines is 1. The summed E-state index contributed by atoms with van der Waals surface area (Å²) in [4.78, 5) is 37.4. The molecule has 186 valence electrons. The minimum Gasteiger partial charge on any atom is -0.465 e. The van der Waals surface area contributed by atoms with Crippen molar-refractivity contribution in [3.05, 3.63) is 59.8 Å². The van der Waals surface area contributed by atoms with Crippen LogP contribution in [0, 0.1) is 0 Å². The standard InChI is InChI=1S/C26H32N4O5/c1-26(2,3)19-10-8-16(9-11-19)17-6-7-18-14-22(30-21(18)13-17)23(31)28-15-20(29-25(34)35)5-4-12-27-24(32)33/h6-11,13-14,20,27,29-30H,4-5,12,15H2,1-3H3,(H,28,31)(H,32,33)(H,34,35)/t20-/m0/s1. The number of benzene rings is 2. The number of hydrogen-bond acceptors (Lipinski definition) is 3. The first-order valence-corrected chi connectivity index (χ1v) is 11.5. The molecule has 0 radical (unpaired) electrons. The van der Waals surface area contributed by atoms with Crippen LogP contribution in [0.1, 0.15) is 49.7 Å². The zero-order chi connectivity index (χ0) is 25.6. The molecule has 0 spiro atoms. The van der Waals surface area contributed by atoms with E-state index in [1.807, 2.05) is 18.2 Å². The van der Waals surface area contributed by atoms with Crippen LogP contribution in [0.25, 0.3) is 22.0 Å². The van der Waals surface area contributed by atoms with Crippen molar-refractivity contribution < 1.29 is 24.6 Å². The highest BCUT2D eigenvalue weighted by Crippen LogP contribution is 2.28. The van der Waals surface area contributed by atoms with Gasteiger partial charge in [-0.2, -0.15) is 0 Å². The van der Waals surface area contributed by atoms with Crippen LogP contribution in [0.15, 0.2) is 48.5 Å². The number of aromatic nitrogens is 1. The van der Waals surface area contributed by atoms with Crippen LogP contribution in [0.3, 0.4) is 0 Å². The Kier molecular flexibility index (Phi) is 8.01. The van der Waals surface area contributed by atoms with Crippen LogP contribution < -0.4 is 16.0 Å². The molecular formula is C26H32N4O5. The van der Waals surface area contributed by atoms with Crippen LogP contribution in [0.5, 0.6) is 0 Å². The van der Waals surface area contributed by atoms with E-state index in [-0.39, 0.29) is 24.4 Å². The van der Waals surface area contributed by atoms with E-state index in [2.05, 4.69) is 66.0 Å². The lowest BCUT2D eigenvalue weighted by Gasteiger charge is -2.19. The van der Waals surface area contributed by atoms with Crippen LogP contribution in [0.4, 0.5) is 9.59 Å². The summed E-state index contributed by atoms with van der Waals surface area (Å²) in [5.41, 5.74) is 4.66. The highest BCUT2D eigenvalue weighted by Gasteiger charge is 2.16. The van der Waals surface area contributed by atoms with Gasteiger partial charge in [0.05, 0.1) is 0 Å². The predicted molar refractivity (Wildman–Crippen MR) is 135 cm³/mol. The summed E-state index contributed by atoms with van der Waals surface area (Å²) in [6.45, 7) is 6.81. The minimum absolute atomic E-state index is 0.0819. The van der Waals surface area contributed by atoms with E-state index < -0.39 is 18.2 Å². The van der Waals surface area contributed by atoms with Crippen LogP contribution in [0.2, 0.25) is 0 Å². The number of fused-ring (bicyclic) bond motifs is 1. The molecule has 0 aliphatic carbocycles. The van der Waals surface area contributed by atoms with Crippen molar-refractivity contribution in [1.29, 1.82) is 0 Å². The Balaban J connectivity index is 1.66. The Bertz CT molecular complexity index is 1190. The number of carbonyl (C=O) groups excluding carboxylic acids is 1. The quantitative estimate of drug-likeness (QED) is 0.249. The summed E-state index contributed by atoms with van der Waals surface area (Å²) in [5.74, 6) is -0.349. The molecule has 0 saturated heterocycles. The third-order valence-electron chi connectivity index (χ3n) is 5.79. The van der Waals surface area contributed by atoms with Crippen molar-refractivity contribution >= 4 is 29.0 Å². The molecule has 1 atom stereocenters. The highest BCUT2D eigenvalue weighted by atomic mass is 16.4. The Morgan fingerprint density at radius 2 is 1.60 bits per heavy atom. The average molecular weight is 481 g/mol. The average Bonchev–Trinajstić information content (AvgIpc) is 3.22. The Morgan fingerprint density at radius 3 is 2.23 bits per heavy atom. The lowest BCUT2D eigenvalue weighted by Crippen LogP contribution is -2.43. The lowest BCUT2D eigenvalue weighted by molar-refractivity contribution is 0.0943. The summed E-state index contributed by atoms with van der Waals surface area (Å²) in [6, 6.07) is 15.6. The van der Waals surface area contributed by atoms with Crippen LogP contribution >= 0.6 is 0 Å². The third-order valence-corrected chi connectivity index (χ3v) is 5.79. The number of H-pyrrole nitrogens is 1. The predicted octanol–water partition coefficient (Wildman–Crippen LogP) is 4.55. The van der Waals surface area contributed by atoms with E-state index >= 15 is 0 Å². The molecule has 1 aromatic heterocycles. The van der Waals surface area contributed by atoms with Crippen molar-refractivity contribution in [2.45, 2.75) is 45.1 Å². The van der Waals surface area contributed by atoms with Crippen molar-refractivity contribution in [2.24, 2.45) is 0 Å². The molecule has 3 rings (SSSR count). The normalized spacial score (nSPS) is 12.2. The van der Waals surface area contributed by atoms with Gasteiger partial charge in [-0.3, -0.25) is 4.79 Å². The molecule has 0 bridgehead atoms. The smallest absolute Gasteiger partial charge is 0.404 e. The Labute approximate surface area is 203 Å². The van der Waals surface area contributed by atoms with E-state index in [4.69, 9.17) is 10.2 Å². The third kappa shape index (κ3) is 7.23. The molecule has 35 heavy (non-hydrogen) atoms. The van der Waals surface area contributed by atoms with Gasteiger partial charge in [-0.05, 0) is 47.1 Å². The number of carboxylic acid groups (broad SMARTS) is 2. The van der Waals surface area contributed by atoms with Gasteiger partial charge in [-0.1, -0.05) is 57.2 Å². The molecule has 0 fully saturated rings. The van der Waals surface area contributed by atoms with Gasteiger partial charge in [-0.15, -0.1) is 0 Å². The first-order valence-electron chi connectivity index (χ1n) is 11.5. The lowest BCUT2D eigenvalue weighted by atomic mass is 9.86. The van der Waals surface area contributed by atoms with Gasteiger partial charge in [0.25, 0.3) is 5.91 Å². The summed E-state index contributed by atoms with van der Waals surface area (Å²) < 4.78 is 0. The van der Waals surface area contributed by atoms with Crippen molar-refractivity contribution in [3.8, 4) is 11.1 Å². The topological polar surface area (TPSA) is 144 Å². The molecular weight excluding hydrogens is 448 g/mol. The molecule has 0 aliphatic rings. The number of carbonyl (C=O) groups is 3. The first kappa shape index (κ1) is 25.6. The van der Waals surface area contributed by atoms with E-state index in [1.54, 1.807) is 6.07 Å². The molecule has 3 aromatic rings. The van der Waals surface area contributed by atoms with E-state index in [0.29, 0.717) is 18.5 Å². The number of nitrogens with one attached hydrogen (secondary N) is 4. The second kappa shape index (κ2) is 10.9. The molecule has 0 unspecified atom stereocenters. The van der Waals surface area contributed by atoms with E-state index in [9.17, 15) is 14.4 Å². The Morgan fingerprint density at radius 1 is 0.914 bits per heavy atom. The van der Waals surface area contributed by atoms with Gasteiger partial charge < -0.3 is 31.1 Å². The van der Waals surface area contributed by atoms with Crippen molar-refractivity contribution in [1.82, 2.24) is 20.9 Å². The van der Waals surface area contributed by atoms with E-state index in [1.165, 1.54) is 5.56 Å². The fourth-order valence-corrected chi connectivity index (χ4v) is 3.85. The second-order valence-corrected chi connectivity index (χ2v) is 9.54. The largest absolute Gasteiger partial charge is 0.465 e. The Hall–Kier alpha value is -4.01. The van der Waals surface area contributed by atoms with E-state index in [0.717, 1.165) is 22.0 Å². The van der Waals surface area contributed by atoms with Gasteiger partial charge >= 0.3 is 12.2 Å². The number of amides is 3. The fourth-order valence-electron chi connectivity index (χ4n) is 3.85. The molecule has 9 nitrogen and oxygen atoms in total. The van der Waals surface area contributed by atoms with Gasteiger partial charge in [0, 0.05) is 30.0 Å². The molecule has 9 heteroatoms. The molecule has 6 N–H and O–H groups in total. The van der Waals surface area contributed by atoms with Crippen molar-refractivity contribution in [3.63, 3.8) is 0 Å². The maximum atomic E-state index is 12.7. The number of hydrogen-bond donors (Lipinski definition) is 6. The summed E-state index contributed by atoms with van der Waals surface area (Å²) in [6.07, 6.45) is -1.54. The molecule has 1 heterocycles. The highest BCUT2D eigenvalue weighted by molar-refractivity contribution is 5.98. The first-order chi connectivity index (χ1) is 16.5. The van der Waals surface area contributed by atoms with Crippen LogP contribution in [-0.4, -0.2) is 52.4 Å². The number of rotatable bonds is 9. The van der Waals surface area contributed by atoms with Crippen LogP contribution in [-0.2, 0) is 5.41 Å². The SMILES string of the molecule is CC(C)(C)c1ccc(-c2ccc3cc(C(=O)NC[C@H](CCCNC(=O)O)NC(=O)O)[nH]c3c2)cc1. The second-order valence-electron chi connectivity index (χ2n) is 9.54. The molecule has 0 saturated carbocycles. The molecule has 0 aliphatic heterocycles. The fraction of sp³-hybridized carbons (Fsp3) is 0.346. The van der Waals surface area contributed by atoms with Crippen molar-refractivity contribution in [2.75, 3.05) is 13.1 Å². The van der Waals surface area contributed by atoms with Gasteiger partial charge in [0.1, 0.15) is 5.69 Å². The molecule has 3 amide bonds. The monoisotopic (exact) mass is 480 g/mol. The zero-order valence-corrected chi connectivity index (χ0v) is 20.1. The van der Waals surface area contributed by atoms with Gasteiger partial charge in [0.15, 0.2) is 0 Å². The maximum Gasteiger partial charge on any atom is 0.404 e. The van der Waals surface area contributed by atoms with Gasteiger partial charge in [0.2, 0.25) is 0 Å². The summed E-state index contributed by atoms with van der Waals surface area (Å²) in [5, 5.41) is 25.9. The summed E-state index contributed by atoms with van der Waals surface area (Å²) >= 11 is 0.